The highest BCUT2D eigenvalue weighted by Crippen LogP contribution is 2.38. The minimum atomic E-state index is -0.127. The highest BCUT2D eigenvalue weighted by atomic mass is 16.5. The van der Waals surface area contributed by atoms with Crippen molar-refractivity contribution in [2.75, 3.05) is 13.2 Å². The fourth-order valence-corrected chi connectivity index (χ4v) is 2.13. The summed E-state index contributed by atoms with van der Waals surface area (Å²) >= 11 is 0. The Bertz CT molecular complexity index is 591. The molecule has 2 N–H and O–H groups in total. The van der Waals surface area contributed by atoms with Crippen molar-refractivity contribution in [3.63, 3.8) is 0 Å². The molecule has 110 valence electrons. The first-order valence-corrected chi connectivity index (χ1v) is 7.34. The molecule has 0 spiro atoms. The summed E-state index contributed by atoms with van der Waals surface area (Å²) in [6, 6.07) is 11.5. The van der Waals surface area contributed by atoms with Gasteiger partial charge in [0, 0.05) is 18.2 Å². The summed E-state index contributed by atoms with van der Waals surface area (Å²) < 4.78 is 5.56. The number of aromatic amines is 1. The van der Waals surface area contributed by atoms with Gasteiger partial charge in [-0.1, -0.05) is 18.2 Å². The van der Waals surface area contributed by atoms with Crippen LogP contribution in [0.3, 0.4) is 0 Å². The van der Waals surface area contributed by atoms with E-state index >= 15 is 0 Å². The van der Waals surface area contributed by atoms with Crippen molar-refractivity contribution in [1.29, 1.82) is 0 Å². The van der Waals surface area contributed by atoms with Crippen molar-refractivity contribution in [3.8, 4) is 5.75 Å². The Hall–Kier alpha value is -2.30. The number of carbonyl (C=O) groups excluding carboxylic acids is 1. The zero-order valence-corrected chi connectivity index (χ0v) is 11.8. The van der Waals surface area contributed by atoms with Crippen molar-refractivity contribution < 1.29 is 9.53 Å². The van der Waals surface area contributed by atoms with Gasteiger partial charge in [0.1, 0.15) is 11.4 Å². The van der Waals surface area contributed by atoms with Gasteiger partial charge in [-0.2, -0.15) is 5.10 Å². The van der Waals surface area contributed by atoms with Gasteiger partial charge in [0.2, 0.25) is 0 Å². The molecule has 0 radical (unpaired) electrons. The number of nitrogens with zero attached hydrogens (tertiary/aromatic N) is 1. The predicted molar refractivity (Wildman–Crippen MR) is 79.4 cm³/mol. The van der Waals surface area contributed by atoms with Crippen molar-refractivity contribution in [2.45, 2.75) is 25.2 Å². The van der Waals surface area contributed by atoms with E-state index in [1.54, 1.807) is 0 Å². The normalized spacial score (nSPS) is 13.9. The summed E-state index contributed by atoms with van der Waals surface area (Å²) in [5.74, 6) is 1.31. The molecule has 1 aliphatic carbocycles. The van der Waals surface area contributed by atoms with Crippen molar-refractivity contribution in [1.82, 2.24) is 15.5 Å². The largest absolute Gasteiger partial charge is 0.494 e. The Morgan fingerprint density at radius 1 is 1.33 bits per heavy atom. The van der Waals surface area contributed by atoms with E-state index in [-0.39, 0.29) is 5.91 Å². The Kier molecular flexibility index (Phi) is 4.19. The molecule has 0 saturated heterocycles. The number of rotatable bonds is 7. The molecule has 0 atom stereocenters. The van der Waals surface area contributed by atoms with E-state index in [9.17, 15) is 4.79 Å². The van der Waals surface area contributed by atoms with Crippen LogP contribution in [0.1, 0.15) is 41.4 Å². The first kappa shape index (κ1) is 13.7. The molecule has 1 fully saturated rings. The average molecular weight is 285 g/mol. The minimum Gasteiger partial charge on any atom is -0.494 e. The highest BCUT2D eigenvalue weighted by molar-refractivity contribution is 5.92. The number of para-hydroxylation sites is 1. The summed E-state index contributed by atoms with van der Waals surface area (Å²) in [5.41, 5.74) is 1.55. The van der Waals surface area contributed by atoms with E-state index in [1.165, 1.54) is 12.8 Å². The Morgan fingerprint density at radius 2 is 2.14 bits per heavy atom. The van der Waals surface area contributed by atoms with Crippen LogP contribution in [0.5, 0.6) is 5.75 Å². The maximum absolute atomic E-state index is 11.9. The Balaban J connectivity index is 1.35. The lowest BCUT2D eigenvalue weighted by Crippen LogP contribution is -2.25. The topological polar surface area (TPSA) is 67.0 Å². The maximum Gasteiger partial charge on any atom is 0.271 e. The average Bonchev–Trinajstić information content (AvgIpc) is 3.25. The van der Waals surface area contributed by atoms with E-state index in [0.717, 1.165) is 17.9 Å². The molecule has 0 bridgehead atoms. The Labute approximate surface area is 123 Å². The number of carbonyl (C=O) groups is 1. The Morgan fingerprint density at radius 3 is 2.90 bits per heavy atom. The number of H-pyrrole nitrogens is 1. The van der Waals surface area contributed by atoms with Crippen LogP contribution in [0.15, 0.2) is 36.4 Å². The molecule has 3 rings (SSSR count). The molecule has 0 unspecified atom stereocenters. The molecule has 5 nitrogen and oxygen atoms in total. The summed E-state index contributed by atoms with van der Waals surface area (Å²) in [6.07, 6.45) is 3.15. The maximum atomic E-state index is 11.9. The summed E-state index contributed by atoms with van der Waals surface area (Å²) in [7, 11) is 0. The minimum absolute atomic E-state index is 0.127. The molecule has 1 aromatic heterocycles. The van der Waals surface area contributed by atoms with Gasteiger partial charge in [0.25, 0.3) is 5.91 Å². The zero-order chi connectivity index (χ0) is 14.5. The molecule has 21 heavy (non-hydrogen) atoms. The lowest BCUT2D eigenvalue weighted by atomic mass is 10.2. The molecule has 1 aliphatic rings. The van der Waals surface area contributed by atoms with Gasteiger partial charge in [-0.3, -0.25) is 9.89 Å². The molecule has 1 amide bonds. The van der Waals surface area contributed by atoms with Crippen molar-refractivity contribution in [2.24, 2.45) is 0 Å². The first-order valence-electron chi connectivity index (χ1n) is 7.34. The number of benzene rings is 1. The van der Waals surface area contributed by atoms with Crippen molar-refractivity contribution in [3.05, 3.63) is 47.8 Å². The highest BCUT2D eigenvalue weighted by Gasteiger charge is 2.26. The monoisotopic (exact) mass is 285 g/mol. The lowest BCUT2D eigenvalue weighted by Gasteiger charge is -2.06. The number of nitrogens with one attached hydrogen (secondary N) is 2. The molecular weight excluding hydrogens is 266 g/mol. The standard InChI is InChI=1S/C16H19N3O2/c20-16(15-11-14(18-19-15)12-7-8-12)17-9-4-10-21-13-5-2-1-3-6-13/h1-3,5-6,11-12H,4,7-10H2,(H,17,20)(H,18,19). The number of hydrogen-bond acceptors (Lipinski definition) is 3. The second-order valence-corrected chi connectivity index (χ2v) is 5.25. The van der Waals surface area contributed by atoms with E-state index in [1.807, 2.05) is 36.4 Å². The number of amides is 1. The second-order valence-electron chi connectivity index (χ2n) is 5.25. The van der Waals surface area contributed by atoms with Crippen LogP contribution in [0, 0.1) is 0 Å². The smallest absolute Gasteiger partial charge is 0.271 e. The molecule has 1 heterocycles. The third-order valence-electron chi connectivity index (χ3n) is 3.47. The van der Waals surface area contributed by atoms with Crippen LogP contribution < -0.4 is 10.1 Å². The number of aromatic nitrogens is 2. The second kappa shape index (κ2) is 6.43. The molecule has 5 heteroatoms. The van der Waals surface area contributed by atoms with E-state index < -0.39 is 0 Å². The third kappa shape index (κ3) is 3.84. The quantitative estimate of drug-likeness (QED) is 0.768. The van der Waals surface area contributed by atoms with Gasteiger partial charge in [-0.05, 0) is 37.5 Å². The zero-order valence-electron chi connectivity index (χ0n) is 11.8. The van der Waals surface area contributed by atoms with Crippen LogP contribution in [0.4, 0.5) is 0 Å². The number of hydrogen-bond donors (Lipinski definition) is 2. The first-order chi connectivity index (χ1) is 10.3. The van der Waals surface area contributed by atoms with Crippen LogP contribution in [0.25, 0.3) is 0 Å². The van der Waals surface area contributed by atoms with Gasteiger partial charge in [-0.15, -0.1) is 0 Å². The fourth-order valence-electron chi connectivity index (χ4n) is 2.13. The summed E-state index contributed by atoms with van der Waals surface area (Å²) in [5, 5.41) is 9.85. The van der Waals surface area contributed by atoms with Crippen LogP contribution in [0.2, 0.25) is 0 Å². The third-order valence-corrected chi connectivity index (χ3v) is 3.47. The van der Waals surface area contributed by atoms with Gasteiger partial charge in [0.05, 0.1) is 6.61 Å². The van der Waals surface area contributed by atoms with Crippen LogP contribution in [-0.4, -0.2) is 29.3 Å². The molecule has 1 saturated carbocycles. The molecule has 1 aromatic carbocycles. The van der Waals surface area contributed by atoms with Gasteiger partial charge < -0.3 is 10.1 Å². The van der Waals surface area contributed by atoms with Crippen LogP contribution >= 0.6 is 0 Å². The SMILES string of the molecule is O=C(NCCCOc1ccccc1)c1cc(C2CC2)[nH]n1. The van der Waals surface area contributed by atoms with Gasteiger partial charge in [0.15, 0.2) is 0 Å². The predicted octanol–water partition coefficient (Wildman–Crippen LogP) is 2.49. The summed E-state index contributed by atoms with van der Waals surface area (Å²) in [6.45, 7) is 1.16. The molecule has 2 aromatic rings. The fraction of sp³-hybridized carbons (Fsp3) is 0.375. The summed E-state index contributed by atoms with van der Waals surface area (Å²) in [4.78, 5) is 11.9. The van der Waals surface area contributed by atoms with E-state index in [4.69, 9.17) is 4.74 Å². The lowest BCUT2D eigenvalue weighted by molar-refractivity contribution is 0.0946. The van der Waals surface area contributed by atoms with Crippen LogP contribution in [-0.2, 0) is 0 Å². The number of ether oxygens (including phenoxy) is 1. The van der Waals surface area contributed by atoms with Gasteiger partial charge in [-0.25, -0.2) is 0 Å². The van der Waals surface area contributed by atoms with E-state index in [2.05, 4.69) is 15.5 Å². The van der Waals surface area contributed by atoms with E-state index in [0.29, 0.717) is 24.8 Å². The molecular formula is C16H19N3O2. The van der Waals surface area contributed by atoms with Gasteiger partial charge >= 0.3 is 0 Å². The van der Waals surface area contributed by atoms with Crippen molar-refractivity contribution >= 4 is 5.91 Å². The molecule has 0 aliphatic heterocycles.